The first kappa shape index (κ1) is 15.4. The minimum absolute atomic E-state index is 0.0487. The van der Waals surface area contributed by atoms with Gasteiger partial charge in [0.15, 0.2) is 0 Å². The van der Waals surface area contributed by atoms with Gasteiger partial charge in [-0.15, -0.1) is 0 Å². The van der Waals surface area contributed by atoms with Crippen molar-refractivity contribution in [2.45, 2.75) is 6.54 Å². The van der Waals surface area contributed by atoms with Crippen molar-refractivity contribution in [2.24, 2.45) is 4.99 Å². The van der Waals surface area contributed by atoms with Crippen LogP contribution < -0.4 is 10.6 Å². The molecule has 0 saturated heterocycles. The Labute approximate surface area is 146 Å². The summed E-state index contributed by atoms with van der Waals surface area (Å²) in [5, 5.41) is 8.35. The van der Waals surface area contributed by atoms with Gasteiger partial charge >= 0.3 is 0 Å². The van der Waals surface area contributed by atoms with E-state index in [-0.39, 0.29) is 5.91 Å². The highest BCUT2D eigenvalue weighted by Crippen LogP contribution is 2.18. The zero-order valence-corrected chi connectivity index (χ0v) is 13.8. The van der Waals surface area contributed by atoms with Crippen LogP contribution in [0.15, 0.2) is 71.7 Å². The molecule has 0 aliphatic carbocycles. The van der Waals surface area contributed by atoms with E-state index < -0.39 is 0 Å². The van der Waals surface area contributed by atoms with Gasteiger partial charge in [0.2, 0.25) is 0 Å². The molecule has 0 radical (unpaired) electrons. The Balaban J connectivity index is 1.35. The molecule has 0 unspecified atom stereocenters. The fraction of sp³-hybridized carbons (Fsp3) is 0.143. The summed E-state index contributed by atoms with van der Waals surface area (Å²) >= 11 is 0. The number of aliphatic imine (C=N–C) groups is 1. The Bertz CT molecular complexity index is 957. The fourth-order valence-corrected chi connectivity index (χ4v) is 3.17. The van der Waals surface area contributed by atoms with Gasteiger partial charge in [0.25, 0.3) is 5.91 Å². The van der Waals surface area contributed by atoms with Crippen molar-refractivity contribution >= 4 is 22.5 Å². The quantitative estimate of drug-likeness (QED) is 0.723. The molecule has 0 fully saturated rings. The summed E-state index contributed by atoms with van der Waals surface area (Å²) in [6, 6.07) is 21.9. The van der Waals surface area contributed by atoms with Crippen LogP contribution in [-0.4, -0.2) is 24.8 Å². The molecule has 124 valence electrons. The molecule has 1 heterocycles. The number of fused-ring (bicyclic) bond motifs is 2. The molecule has 1 aliphatic heterocycles. The third-order valence-electron chi connectivity index (χ3n) is 4.42. The maximum absolute atomic E-state index is 12.5. The van der Waals surface area contributed by atoms with Crippen LogP contribution in [0.2, 0.25) is 0 Å². The molecule has 0 atom stereocenters. The molecule has 3 aromatic carbocycles. The molecule has 0 aromatic heterocycles. The van der Waals surface area contributed by atoms with Gasteiger partial charge in [-0.05, 0) is 22.4 Å². The highest BCUT2D eigenvalue weighted by atomic mass is 16.1. The van der Waals surface area contributed by atoms with E-state index in [9.17, 15) is 4.79 Å². The molecule has 0 saturated carbocycles. The first-order chi connectivity index (χ1) is 12.3. The van der Waals surface area contributed by atoms with Crippen molar-refractivity contribution in [3.8, 4) is 0 Å². The molecule has 25 heavy (non-hydrogen) atoms. The van der Waals surface area contributed by atoms with Crippen LogP contribution in [0.3, 0.4) is 0 Å². The van der Waals surface area contributed by atoms with Crippen molar-refractivity contribution in [3.05, 3.63) is 83.4 Å². The van der Waals surface area contributed by atoms with Gasteiger partial charge in [-0.2, -0.15) is 0 Å². The molecule has 0 spiro atoms. The molecule has 0 bridgehead atoms. The van der Waals surface area contributed by atoms with Crippen LogP contribution in [0.25, 0.3) is 10.8 Å². The molecule has 2 N–H and O–H groups in total. The fourth-order valence-electron chi connectivity index (χ4n) is 3.17. The van der Waals surface area contributed by atoms with E-state index in [2.05, 4.69) is 27.8 Å². The topological polar surface area (TPSA) is 53.5 Å². The zero-order valence-electron chi connectivity index (χ0n) is 13.8. The van der Waals surface area contributed by atoms with Crippen molar-refractivity contribution in [2.75, 3.05) is 13.1 Å². The standard InChI is InChI=1S/C21H19N3O/c25-21(19-11-5-8-15-6-1-3-9-17(15)19)23-13-12-22-20-18-10-4-2-7-16(18)14-24-20/h1-11H,12-14H2,(H,22,24)(H,23,25). The van der Waals surface area contributed by atoms with Crippen LogP contribution in [0.4, 0.5) is 0 Å². The predicted octanol–water partition coefficient (Wildman–Crippen LogP) is 3.12. The van der Waals surface area contributed by atoms with E-state index in [1.807, 2.05) is 54.6 Å². The molecular formula is C21H19N3O. The molecule has 4 nitrogen and oxygen atoms in total. The van der Waals surface area contributed by atoms with E-state index in [0.29, 0.717) is 18.7 Å². The number of nitrogens with zero attached hydrogens (tertiary/aromatic N) is 1. The Hall–Kier alpha value is -3.14. The summed E-state index contributed by atoms with van der Waals surface area (Å²) in [6.07, 6.45) is 0. The summed E-state index contributed by atoms with van der Waals surface area (Å²) in [7, 11) is 0. The van der Waals surface area contributed by atoms with Crippen LogP contribution in [0.5, 0.6) is 0 Å². The summed E-state index contributed by atoms with van der Waals surface area (Å²) < 4.78 is 0. The van der Waals surface area contributed by atoms with Gasteiger partial charge in [0.1, 0.15) is 5.84 Å². The average Bonchev–Trinajstić information content (AvgIpc) is 3.08. The van der Waals surface area contributed by atoms with E-state index >= 15 is 0 Å². The van der Waals surface area contributed by atoms with E-state index in [1.54, 1.807) is 0 Å². The van der Waals surface area contributed by atoms with E-state index in [0.717, 1.165) is 28.7 Å². The smallest absolute Gasteiger partial charge is 0.251 e. The molecule has 4 rings (SSSR count). The normalized spacial score (nSPS) is 12.6. The summed E-state index contributed by atoms with van der Waals surface area (Å²) in [4.78, 5) is 17.0. The first-order valence-corrected chi connectivity index (χ1v) is 8.45. The molecular weight excluding hydrogens is 310 g/mol. The number of nitrogens with one attached hydrogen (secondary N) is 2. The van der Waals surface area contributed by atoms with Crippen molar-refractivity contribution in [3.63, 3.8) is 0 Å². The lowest BCUT2D eigenvalue weighted by atomic mass is 10.0. The van der Waals surface area contributed by atoms with Crippen molar-refractivity contribution in [1.29, 1.82) is 0 Å². The first-order valence-electron chi connectivity index (χ1n) is 8.45. The second-order valence-corrected chi connectivity index (χ2v) is 6.03. The Morgan fingerprint density at radius 2 is 1.72 bits per heavy atom. The second kappa shape index (κ2) is 6.77. The summed E-state index contributed by atoms with van der Waals surface area (Å²) in [6.45, 7) is 1.91. The average molecular weight is 329 g/mol. The van der Waals surface area contributed by atoms with Gasteiger partial charge in [0.05, 0.1) is 6.54 Å². The Kier molecular flexibility index (Phi) is 4.17. The monoisotopic (exact) mass is 329 g/mol. The van der Waals surface area contributed by atoms with Gasteiger partial charge in [-0.25, -0.2) is 0 Å². The number of hydrogen-bond acceptors (Lipinski definition) is 3. The van der Waals surface area contributed by atoms with Crippen LogP contribution >= 0.6 is 0 Å². The van der Waals surface area contributed by atoms with Crippen molar-refractivity contribution < 1.29 is 4.79 Å². The van der Waals surface area contributed by atoms with Gasteiger partial charge in [-0.3, -0.25) is 9.79 Å². The summed E-state index contributed by atoms with van der Waals surface area (Å²) in [5.74, 6) is 0.863. The lowest BCUT2D eigenvalue weighted by molar-refractivity contribution is 0.0956. The lowest BCUT2D eigenvalue weighted by Gasteiger charge is -2.10. The number of benzene rings is 3. The largest absolute Gasteiger partial charge is 0.368 e. The molecule has 1 aliphatic rings. The number of carbonyl (C=O) groups excluding carboxylic acids is 1. The number of rotatable bonds is 4. The highest BCUT2D eigenvalue weighted by molar-refractivity contribution is 6.07. The van der Waals surface area contributed by atoms with E-state index in [1.165, 1.54) is 5.56 Å². The SMILES string of the molecule is O=C(NCCNC1=NCc2ccccc21)c1cccc2ccccc12. The third kappa shape index (κ3) is 3.11. The van der Waals surface area contributed by atoms with Crippen molar-refractivity contribution in [1.82, 2.24) is 10.6 Å². The maximum atomic E-state index is 12.5. The summed E-state index contributed by atoms with van der Waals surface area (Å²) in [5.41, 5.74) is 3.11. The lowest BCUT2D eigenvalue weighted by Crippen LogP contribution is -2.34. The maximum Gasteiger partial charge on any atom is 0.251 e. The third-order valence-corrected chi connectivity index (χ3v) is 4.42. The second-order valence-electron chi connectivity index (χ2n) is 6.03. The minimum Gasteiger partial charge on any atom is -0.368 e. The van der Waals surface area contributed by atoms with Crippen LogP contribution in [0, 0.1) is 0 Å². The molecule has 4 heteroatoms. The van der Waals surface area contributed by atoms with E-state index in [4.69, 9.17) is 0 Å². The predicted molar refractivity (Wildman–Crippen MR) is 101 cm³/mol. The number of amides is 1. The van der Waals surface area contributed by atoms with Crippen LogP contribution in [0.1, 0.15) is 21.5 Å². The van der Waals surface area contributed by atoms with Gasteiger partial charge < -0.3 is 10.6 Å². The number of amidine groups is 1. The van der Waals surface area contributed by atoms with Gasteiger partial charge in [-0.1, -0.05) is 60.7 Å². The number of carbonyl (C=O) groups is 1. The highest BCUT2D eigenvalue weighted by Gasteiger charge is 2.14. The zero-order chi connectivity index (χ0) is 17.1. The number of hydrogen-bond donors (Lipinski definition) is 2. The Morgan fingerprint density at radius 3 is 2.68 bits per heavy atom. The molecule has 3 aromatic rings. The van der Waals surface area contributed by atoms with Gasteiger partial charge in [0, 0.05) is 24.2 Å². The Morgan fingerprint density at radius 1 is 0.920 bits per heavy atom. The minimum atomic E-state index is -0.0487. The molecule has 1 amide bonds. The van der Waals surface area contributed by atoms with Crippen LogP contribution in [-0.2, 0) is 6.54 Å².